The van der Waals surface area contributed by atoms with Crippen LogP contribution in [0.4, 0.5) is 18.7 Å². The number of anilines is 1. The number of carbonyl (C=O) groups is 2. The monoisotopic (exact) mass is 451 g/mol. The maximum Gasteiger partial charge on any atom is 0.320 e. The smallest absolute Gasteiger partial charge is 0.320 e. The van der Waals surface area contributed by atoms with Gasteiger partial charge in [-0.1, -0.05) is 0 Å². The quantitative estimate of drug-likeness (QED) is 0.771. The lowest BCUT2D eigenvalue weighted by atomic mass is 10.2. The molecule has 2 fully saturated rings. The summed E-state index contributed by atoms with van der Waals surface area (Å²) in [5, 5.41) is 4.82. The number of nitrogens with one attached hydrogen (secondary N) is 1. The van der Waals surface area contributed by atoms with Crippen LogP contribution < -0.4 is 5.32 Å². The van der Waals surface area contributed by atoms with Crippen LogP contribution >= 0.6 is 11.3 Å². The second-order valence-corrected chi connectivity index (χ2v) is 8.22. The van der Waals surface area contributed by atoms with Crippen LogP contribution in [0.3, 0.4) is 0 Å². The van der Waals surface area contributed by atoms with Crippen molar-refractivity contribution in [3.8, 4) is 11.3 Å². The summed E-state index contributed by atoms with van der Waals surface area (Å²) in [6.07, 6.45) is 0. The van der Waals surface area contributed by atoms with E-state index < -0.39 is 11.6 Å². The molecule has 0 radical (unpaired) electrons. The summed E-state index contributed by atoms with van der Waals surface area (Å²) in [6, 6.07) is 3.59. The number of aromatic nitrogens is 1. The van der Waals surface area contributed by atoms with Crippen molar-refractivity contribution in [1.82, 2.24) is 19.7 Å². The van der Waals surface area contributed by atoms with Crippen molar-refractivity contribution in [2.75, 3.05) is 64.3 Å². The Labute approximate surface area is 182 Å². The largest absolute Gasteiger partial charge is 0.378 e. The molecule has 0 saturated carbocycles. The Bertz CT molecular complexity index is 943. The average molecular weight is 451 g/mol. The minimum atomic E-state index is -0.942. The number of halogens is 2. The molecule has 1 N–H and O–H groups in total. The van der Waals surface area contributed by atoms with E-state index in [4.69, 9.17) is 4.74 Å². The molecule has 2 aliphatic heterocycles. The molecule has 2 aromatic rings. The summed E-state index contributed by atoms with van der Waals surface area (Å²) < 4.78 is 31.8. The van der Waals surface area contributed by atoms with Gasteiger partial charge in [0.1, 0.15) is 0 Å². The van der Waals surface area contributed by atoms with Crippen LogP contribution in [0.5, 0.6) is 0 Å². The van der Waals surface area contributed by atoms with Crippen molar-refractivity contribution in [3.05, 3.63) is 35.2 Å². The van der Waals surface area contributed by atoms with Crippen molar-refractivity contribution in [3.63, 3.8) is 0 Å². The second-order valence-electron chi connectivity index (χ2n) is 7.36. The molecule has 0 unspecified atom stereocenters. The topological polar surface area (TPSA) is 78.0 Å². The number of nitrogens with zero attached hydrogens (tertiary/aromatic N) is 4. The minimum absolute atomic E-state index is 0.0277. The summed E-state index contributed by atoms with van der Waals surface area (Å²) in [4.78, 5) is 34.8. The number of benzene rings is 1. The molecule has 0 bridgehead atoms. The fourth-order valence-electron chi connectivity index (χ4n) is 3.53. The molecule has 0 spiro atoms. The fourth-order valence-corrected chi connectivity index (χ4v) is 4.27. The molecule has 1 aromatic heterocycles. The highest BCUT2D eigenvalue weighted by Gasteiger charge is 2.27. The number of ether oxygens (including phenoxy) is 1. The molecule has 0 atom stereocenters. The van der Waals surface area contributed by atoms with Gasteiger partial charge >= 0.3 is 6.03 Å². The molecule has 31 heavy (non-hydrogen) atoms. The summed E-state index contributed by atoms with van der Waals surface area (Å²) in [5.41, 5.74) is 0.908. The highest BCUT2D eigenvalue weighted by Crippen LogP contribution is 2.26. The molecule has 4 rings (SSSR count). The van der Waals surface area contributed by atoms with E-state index in [1.807, 2.05) is 9.80 Å². The number of rotatable bonds is 4. The standard InChI is InChI=1S/C20H23F2N5O3S/c21-15-2-1-14(11-16(15)22)17-13-31-19(23-17)24-18(28)12-25-3-5-26(6-4-25)20(29)27-7-9-30-10-8-27/h1-2,11,13H,3-10,12H2,(H,23,24,28). The maximum absolute atomic E-state index is 13.4. The van der Waals surface area contributed by atoms with Crippen LogP contribution in [0.2, 0.25) is 0 Å². The van der Waals surface area contributed by atoms with Gasteiger partial charge in [-0.3, -0.25) is 9.69 Å². The lowest BCUT2D eigenvalue weighted by molar-refractivity contribution is -0.117. The third-order valence-corrected chi connectivity index (χ3v) is 6.02. The van der Waals surface area contributed by atoms with E-state index in [1.54, 1.807) is 10.3 Å². The van der Waals surface area contributed by atoms with E-state index in [0.717, 1.165) is 12.1 Å². The number of urea groups is 1. The molecular weight excluding hydrogens is 428 g/mol. The Kier molecular flexibility index (Phi) is 6.73. The van der Waals surface area contributed by atoms with Crippen LogP contribution in [-0.2, 0) is 9.53 Å². The number of amides is 3. The van der Waals surface area contributed by atoms with Gasteiger partial charge in [-0.25, -0.2) is 18.6 Å². The number of carbonyl (C=O) groups excluding carboxylic acids is 2. The first-order valence-corrected chi connectivity index (χ1v) is 10.9. The molecule has 8 nitrogen and oxygen atoms in total. The summed E-state index contributed by atoms with van der Waals surface area (Å²) in [5.74, 6) is -2.07. The van der Waals surface area contributed by atoms with Crippen molar-refractivity contribution in [2.24, 2.45) is 0 Å². The lowest BCUT2D eigenvalue weighted by Crippen LogP contribution is -2.55. The first kappa shape index (κ1) is 21.6. The number of hydrogen-bond acceptors (Lipinski definition) is 6. The van der Waals surface area contributed by atoms with Gasteiger partial charge in [-0.15, -0.1) is 11.3 Å². The normalized spacial score (nSPS) is 17.6. The molecule has 2 aliphatic rings. The summed E-state index contributed by atoms with van der Waals surface area (Å²) in [6.45, 7) is 4.93. The van der Waals surface area contributed by atoms with E-state index in [1.165, 1.54) is 17.4 Å². The van der Waals surface area contributed by atoms with Gasteiger partial charge < -0.3 is 19.9 Å². The number of piperazine rings is 1. The molecule has 0 aliphatic carbocycles. The average Bonchev–Trinajstić information content (AvgIpc) is 3.24. The van der Waals surface area contributed by atoms with Crippen LogP contribution in [0.25, 0.3) is 11.3 Å². The number of thiazole rings is 1. The highest BCUT2D eigenvalue weighted by atomic mass is 32.1. The Hall–Kier alpha value is -2.63. The van der Waals surface area contributed by atoms with Gasteiger partial charge in [-0.2, -0.15) is 0 Å². The predicted molar refractivity (Wildman–Crippen MR) is 112 cm³/mol. The SMILES string of the molecule is O=C(CN1CCN(C(=O)N2CCOCC2)CC1)Nc1nc(-c2ccc(F)c(F)c2)cs1. The molecule has 166 valence electrons. The van der Waals surface area contributed by atoms with E-state index in [9.17, 15) is 18.4 Å². The summed E-state index contributed by atoms with van der Waals surface area (Å²) in [7, 11) is 0. The first-order valence-electron chi connectivity index (χ1n) is 10.0. The summed E-state index contributed by atoms with van der Waals surface area (Å²) >= 11 is 1.22. The number of hydrogen-bond donors (Lipinski definition) is 1. The van der Waals surface area contributed by atoms with Gasteiger partial charge in [0.25, 0.3) is 0 Å². The van der Waals surface area contributed by atoms with Crippen molar-refractivity contribution in [1.29, 1.82) is 0 Å². The Balaban J connectivity index is 1.25. The van der Waals surface area contributed by atoms with E-state index in [2.05, 4.69) is 10.3 Å². The van der Waals surface area contributed by atoms with Crippen LogP contribution in [0, 0.1) is 11.6 Å². The first-order chi connectivity index (χ1) is 15.0. The fraction of sp³-hybridized carbons (Fsp3) is 0.450. The van der Waals surface area contributed by atoms with Gasteiger partial charge in [0.2, 0.25) is 5.91 Å². The Morgan fingerprint density at radius 3 is 2.45 bits per heavy atom. The third kappa shape index (κ3) is 5.35. The second kappa shape index (κ2) is 9.67. The van der Waals surface area contributed by atoms with Crippen LogP contribution in [0.1, 0.15) is 0 Å². The van der Waals surface area contributed by atoms with Crippen LogP contribution in [-0.4, -0.2) is 90.6 Å². The van der Waals surface area contributed by atoms with E-state index in [0.29, 0.717) is 68.9 Å². The van der Waals surface area contributed by atoms with E-state index in [-0.39, 0.29) is 18.5 Å². The van der Waals surface area contributed by atoms with Gasteiger partial charge in [0, 0.05) is 50.2 Å². The molecular formula is C20H23F2N5O3S. The zero-order valence-electron chi connectivity index (χ0n) is 16.9. The van der Waals surface area contributed by atoms with Gasteiger partial charge in [-0.05, 0) is 18.2 Å². The highest BCUT2D eigenvalue weighted by molar-refractivity contribution is 7.14. The number of morpholine rings is 1. The van der Waals surface area contributed by atoms with Crippen molar-refractivity contribution in [2.45, 2.75) is 0 Å². The van der Waals surface area contributed by atoms with E-state index >= 15 is 0 Å². The Morgan fingerprint density at radius 2 is 1.74 bits per heavy atom. The maximum atomic E-state index is 13.4. The molecule has 3 amide bonds. The Morgan fingerprint density at radius 1 is 1.03 bits per heavy atom. The molecule has 2 saturated heterocycles. The molecule has 11 heteroatoms. The van der Waals surface area contributed by atoms with Gasteiger partial charge in [0.15, 0.2) is 16.8 Å². The minimum Gasteiger partial charge on any atom is -0.378 e. The van der Waals surface area contributed by atoms with Crippen molar-refractivity contribution >= 4 is 28.4 Å². The van der Waals surface area contributed by atoms with Crippen molar-refractivity contribution < 1.29 is 23.1 Å². The zero-order valence-corrected chi connectivity index (χ0v) is 17.7. The van der Waals surface area contributed by atoms with Crippen LogP contribution in [0.15, 0.2) is 23.6 Å². The predicted octanol–water partition coefficient (Wildman–Crippen LogP) is 2.10. The molecule has 3 heterocycles. The lowest BCUT2D eigenvalue weighted by Gasteiger charge is -2.38. The molecule has 1 aromatic carbocycles. The third-order valence-electron chi connectivity index (χ3n) is 5.26. The zero-order chi connectivity index (χ0) is 21.8. The van der Waals surface area contributed by atoms with Gasteiger partial charge in [0.05, 0.1) is 25.5 Å².